The monoisotopic (exact) mass is 210 g/mol. The fourth-order valence-corrected chi connectivity index (χ4v) is 2.12. The predicted octanol–water partition coefficient (Wildman–Crippen LogP) is 0.374. The van der Waals surface area contributed by atoms with Gasteiger partial charge in [-0.3, -0.25) is 0 Å². The maximum atomic E-state index is 9.53. The number of allylic oxidation sites excluding steroid dienone is 2. The van der Waals surface area contributed by atoms with Crippen molar-refractivity contribution in [3.05, 3.63) is 23.1 Å². The molecular weight excluding hydrogens is 192 g/mol. The molecule has 1 fully saturated rings. The van der Waals surface area contributed by atoms with Gasteiger partial charge in [0.1, 0.15) is 0 Å². The molecule has 0 saturated carbocycles. The fraction of sp³-hybridized carbons (Fsp3) is 0.636. The van der Waals surface area contributed by atoms with Crippen molar-refractivity contribution in [1.29, 1.82) is 0 Å². The Balaban J connectivity index is 2.18. The van der Waals surface area contributed by atoms with Gasteiger partial charge in [0.05, 0.1) is 12.4 Å². The van der Waals surface area contributed by atoms with Crippen LogP contribution in [0.5, 0.6) is 0 Å². The molecule has 0 aromatic rings. The molecule has 0 radical (unpaired) electrons. The molecular formula is C11H18N2O2. The second kappa shape index (κ2) is 4.68. The van der Waals surface area contributed by atoms with Gasteiger partial charge in [-0.15, -0.1) is 0 Å². The molecule has 0 bridgehead atoms. The van der Waals surface area contributed by atoms with Gasteiger partial charge in [-0.25, -0.2) is 0 Å². The lowest BCUT2D eigenvalue weighted by molar-refractivity contribution is 0.276. The molecule has 1 aliphatic carbocycles. The molecule has 4 nitrogen and oxygen atoms in total. The Kier molecular flexibility index (Phi) is 3.28. The van der Waals surface area contributed by atoms with Crippen LogP contribution in [-0.2, 0) is 0 Å². The van der Waals surface area contributed by atoms with Crippen LogP contribution in [-0.4, -0.2) is 47.9 Å². The number of aliphatic hydroxyl groups is 2. The van der Waals surface area contributed by atoms with Gasteiger partial charge in [0, 0.05) is 38.3 Å². The summed E-state index contributed by atoms with van der Waals surface area (Å²) in [5.74, 6) is 0.431. The molecule has 15 heavy (non-hydrogen) atoms. The number of nitrogens with one attached hydrogen (secondary N) is 1. The summed E-state index contributed by atoms with van der Waals surface area (Å²) in [5.41, 5.74) is 2.08. The standard InChI is InChI=1S/C11H18N2O2/c14-8-9-1-2-10(15)7-11(9)13-5-3-12-4-6-13/h7,12,14-15H,1-6,8H2. The highest BCUT2D eigenvalue weighted by atomic mass is 16.3. The third-order valence-electron chi connectivity index (χ3n) is 3.00. The molecule has 0 amide bonds. The number of hydrogen-bond donors (Lipinski definition) is 3. The summed E-state index contributed by atoms with van der Waals surface area (Å²) < 4.78 is 0. The summed E-state index contributed by atoms with van der Waals surface area (Å²) in [4.78, 5) is 2.23. The summed E-state index contributed by atoms with van der Waals surface area (Å²) in [6.07, 6.45) is 3.24. The van der Waals surface area contributed by atoms with Gasteiger partial charge >= 0.3 is 0 Å². The zero-order valence-electron chi connectivity index (χ0n) is 8.87. The molecule has 0 aromatic carbocycles. The first-order chi connectivity index (χ1) is 7.31. The number of aliphatic hydroxyl groups excluding tert-OH is 2. The summed E-state index contributed by atoms with van der Waals surface area (Å²) in [5, 5.41) is 22.1. The Bertz CT molecular complexity index is 291. The second-order valence-corrected chi connectivity index (χ2v) is 4.02. The molecule has 0 atom stereocenters. The van der Waals surface area contributed by atoms with Gasteiger partial charge in [0.15, 0.2) is 0 Å². The number of piperazine rings is 1. The maximum Gasteiger partial charge on any atom is 0.0946 e. The molecule has 0 spiro atoms. The van der Waals surface area contributed by atoms with Crippen molar-refractivity contribution in [3.8, 4) is 0 Å². The molecule has 3 N–H and O–H groups in total. The maximum absolute atomic E-state index is 9.53. The summed E-state index contributed by atoms with van der Waals surface area (Å²) in [6.45, 7) is 3.93. The third-order valence-corrected chi connectivity index (χ3v) is 3.00. The Morgan fingerprint density at radius 2 is 2.00 bits per heavy atom. The van der Waals surface area contributed by atoms with Crippen LogP contribution in [0, 0.1) is 0 Å². The zero-order valence-corrected chi connectivity index (χ0v) is 8.87. The highest BCUT2D eigenvalue weighted by Gasteiger charge is 2.19. The number of nitrogens with zero attached hydrogens (tertiary/aromatic N) is 1. The minimum absolute atomic E-state index is 0.100. The van der Waals surface area contributed by atoms with E-state index >= 15 is 0 Å². The molecule has 1 saturated heterocycles. The zero-order chi connectivity index (χ0) is 10.7. The quantitative estimate of drug-likeness (QED) is 0.616. The van der Waals surface area contributed by atoms with Crippen LogP contribution in [0.15, 0.2) is 23.1 Å². The lowest BCUT2D eigenvalue weighted by Crippen LogP contribution is -2.43. The van der Waals surface area contributed by atoms with E-state index in [-0.39, 0.29) is 6.61 Å². The van der Waals surface area contributed by atoms with E-state index in [1.54, 1.807) is 6.08 Å². The van der Waals surface area contributed by atoms with Crippen LogP contribution < -0.4 is 5.32 Å². The average molecular weight is 210 g/mol. The van der Waals surface area contributed by atoms with E-state index in [0.29, 0.717) is 12.2 Å². The highest BCUT2D eigenvalue weighted by molar-refractivity contribution is 5.31. The van der Waals surface area contributed by atoms with E-state index in [1.807, 2.05) is 0 Å². The summed E-state index contributed by atoms with van der Waals surface area (Å²) in [6, 6.07) is 0. The smallest absolute Gasteiger partial charge is 0.0946 e. The number of hydrogen-bond acceptors (Lipinski definition) is 4. The highest BCUT2D eigenvalue weighted by Crippen LogP contribution is 2.25. The van der Waals surface area contributed by atoms with Gasteiger partial charge in [0.25, 0.3) is 0 Å². The van der Waals surface area contributed by atoms with Gasteiger partial charge in [-0.1, -0.05) is 0 Å². The first kappa shape index (κ1) is 10.5. The molecule has 0 unspecified atom stereocenters. The minimum Gasteiger partial charge on any atom is -0.512 e. The van der Waals surface area contributed by atoms with Crippen molar-refractivity contribution < 1.29 is 10.2 Å². The normalized spacial score (nSPS) is 23.0. The van der Waals surface area contributed by atoms with Gasteiger partial charge in [0.2, 0.25) is 0 Å². The van der Waals surface area contributed by atoms with Crippen LogP contribution >= 0.6 is 0 Å². The van der Waals surface area contributed by atoms with Crippen LogP contribution in [0.3, 0.4) is 0 Å². The van der Waals surface area contributed by atoms with Crippen molar-refractivity contribution in [2.24, 2.45) is 0 Å². The van der Waals surface area contributed by atoms with Crippen LogP contribution in [0.25, 0.3) is 0 Å². The van der Waals surface area contributed by atoms with Crippen molar-refractivity contribution in [2.45, 2.75) is 12.8 Å². The molecule has 2 aliphatic rings. The summed E-state index contributed by atoms with van der Waals surface area (Å²) in [7, 11) is 0. The average Bonchev–Trinajstić information content (AvgIpc) is 2.30. The van der Waals surface area contributed by atoms with E-state index < -0.39 is 0 Å². The van der Waals surface area contributed by atoms with Crippen LogP contribution in [0.2, 0.25) is 0 Å². The Labute approximate surface area is 89.9 Å². The molecule has 1 aliphatic heterocycles. The molecule has 1 heterocycles. The van der Waals surface area contributed by atoms with Crippen molar-refractivity contribution in [2.75, 3.05) is 32.8 Å². The van der Waals surface area contributed by atoms with E-state index in [4.69, 9.17) is 0 Å². The van der Waals surface area contributed by atoms with E-state index in [0.717, 1.165) is 43.9 Å². The topological polar surface area (TPSA) is 55.7 Å². The predicted molar refractivity (Wildman–Crippen MR) is 58.5 cm³/mol. The fourth-order valence-electron chi connectivity index (χ4n) is 2.12. The van der Waals surface area contributed by atoms with E-state index in [1.165, 1.54) is 0 Å². The van der Waals surface area contributed by atoms with Crippen LogP contribution in [0.1, 0.15) is 12.8 Å². The van der Waals surface area contributed by atoms with Gasteiger partial charge in [-0.2, -0.15) is 0 Å². The second-order valence-electron chi connectivity index (χ2n) is 4.02. The lowest BCUT2D eigenvalue weighted by atomic mass is 10.00. The van der Waals surface area contributed by atoms with Crippen molar-refractivity contribution in [1.82, 2.24) is 10.2 Å². The molecule has 4 heteroatoms. The molecule has 2 rings (SSSR count). The minimum atomic E-state index is 0.100. The van der Waals surface area contributed by atoms with Gasteiger partial charge < -0.3 is 20.4 Å². The lowest BCUT2D eigenvalue weighted by Gasteiger charge is -2.33. The van der Waals surface area contributed by atoms with Gasteiger partial charge in [-0.05, 0) is 18.1 Å². The molecule has 84 valence electrons. The molecule has 0 aromatic heterocycles. The first-order valence-corrected chi connectivity index (χ1v) is 5.49. The van der Waals surface area contributed by atoms with E-state index in [9.17, 15) is 10.2 Å². The SMILES string of the molecule is OCC1=C(N2CCNCC2)C=C(O)CC1. The largest absolute Gasteiger partial charge is 0.512 e. The number of rotatable bonds is 2. The van der Waals surface area contributed by atoms with E-state index in [2.05, 4.69) is 10.2 Å². The summed E-state index contributed by atoms with van der Waals surface area (Å²) >= 11 is 0. The first-order valence-electron chi connectivity index (χ1n) is 5.49. The Morgan fingerprint density at radius 1 is 1.27 bits per heavy atom. The van der Waals surface area contributed by atoms with Crippen molar-refractivity contribution in [3.63, 3.8) is 0 Å². The Morgan fingerprint density at radius 3 is 2.67 bits per heavy atom. The third kappa shape index (κ3) is 2.33. The van der Waals surface area contributed by atoms with Crippen molar-refractivity contribution >= 4 is 0 Å². The Hall–Kier alpha value is -1.00. The van der Waals surface area contributed by atoms with Crippen LogP contribution in [0.4, 0.5) is 0 Å².